The lowest BCUT2D eigenvalue weighted by molar-refractivity contribution is 0.373. The summed E-state index contributed by atoms with van der Waals surface area (Å²) in [5.74, 6) is 1.38. The van der Waals surface area contributed by atoms with E-state index in [2.05, 4.69) is 20.6 Å². The second-order valence-electron chi connectivity index (χ2n) is 5.65. The largest absolute Gasteiger partial charge is 0.355 e. The first kappa shape index (κ1) is 12.7. The third kappa shape index (κ3) is 2.97. The molecule has 19 heavy (non-hydrogen) atoms. The Morgan fingerprint density at radius 3 is 2.95 bits per heavy atom. The lowest BCUT2D eigenvalue weighted by Gasteiger charge is -2.22. The summed E-state index contributed by atoms with van der Waals surface area (Å²) in [5.41, 5.74) is 1.76. The first-order valence-electron chi connectivity index (χ1n) is 7.39. The molecule has 104 valence electrons. The zero-order valence-corrected chi connectivity index (χ0v) is 11.3. The average Bonchev–Trinajstić information content (AvgIpc) is 2.46. The van der Waals surface area contributed by atoms with Crippen LogP contribution in [-0.2, 0) is 13.0 Å². The number of hydrogen-bond acceptors (Lipinski definition) is 4. The number of anilines is 1. The minimum atomic E-state index is 0.00310. The van der Waals surface area contributed by atoms with Gasteiger partial charge in [0.05, 0.1) is 11.3 Å². The molecule has 0 radical (unpaired) electrons. The fraction of sp³-hybridized carbons (Fsp3) is 0.714. The topological polar surface area (TPSA) is 69.8 Å². The lowest BCUT2D eigenvalue weighted by Crippen LogP contribution is -2.32. The molecule has 0 amide bonds. The van der Waals surface area contributed by atoms with Gasteiger partial charge in [0.2, 0.25) is 5.95 Å². The van der Waals surface area contributed by atoms with E-state index in [9.17, 15) is 4.79 Å². The van der Waals surface area contributed by atoms with Crippen LogP contribution in [0.1, 0.15) is 43.4 Å². The Morgan fingerprint density at radius 2 is 2.11 bits per heavy atom. The summed E-state index contributed by atoms with van der Waals surface area (Å²) >= 11 is 0. The highest BCUT2D eigenvalue weighted by atomic mass is 16.1. The van der Waals surface area contributed by atoms with Crippen LogP contribution in [0.25, 0.3) is 0 Å². The van der Waals surface area contributed by atoms with Gasteiger partial charge in [0.25, 0.3) is 5.56 Å². The van der Waals surface area contributed by atoms with Crippen molar-refractivity contribution in [1.29, 1.82) is 0 Å². The van der Waals surface area contributed by atoms with Crippen LogP contribution in [0.5, 0.6) is 0 Å². The Morgan fingerprint density at radius 1 is 1.26 bits per heavy atom. The molecule has 3 rings (SSSR count). The summed E-state index contributed by atoms with van der Waals surface area (Å²) in [6.07, 6.45) is 7.49. The van der Waals surface area contributed by atoms with Crippen molar-refractivity contribution in [1.82, 2.24) is 15.3 Å². The van der Waals surface area contributed by atoms with Crippen LogP contribution in [0.15, 0.2) is 4.79 Å². The summed E-state index contributed by atoms with van der Waals surface area (Å²) in [5, 5.41) is 6.52. The fourth-order valence-electron chi connectivity index (χ4n) is 3.07. The maximum Gasteiger partial charge on any atom is 0.257 e. The standard InChI is InChI=1S/C14H22N4O/c19-13-11-9-15-7-6-12(11)17-14(18-13)16-8-10-4-2-1-3-5-10/h10,15H,1-9H2,(H2,16,17,18,19). The van der Waals surface area contributed by atoms with Gasteiger partial charge >= 0.3 is 0 Å². The molecule has 1 fully saturated rings. The van der Waals surface area contributed by atoms with E-state index in [1.54, 1.807) is 0 Å². The summed E-state index contributed by atoms with van der Waals surface area (Å²) in [7, 11) is 0. The second-order valence-corrected chi connectivity index (χ2v) is 5.65. The highest BCUT2D eigenvalue weighted by Gasteiger charge is 2.16. The van der Waals surface area contributed by atoms with Crippen molar-refractivity contribution in [2.45, 2.75) is 45.1 Å². The summed E-state index contributed by atoms with van der Waals surface area (Å²) in [6.45, 7) is 2.48. The number of fused-ring (bicyclic) bond motifs is 1. The molecule has 3 N–H and O–H groups in total. The zero-order valence-electron chi connectivity index (χ0n) is 11.3. The van der Waals surface area contributed by atoms with Crippen molar-refractivity contribution in [2.24, 2.45) is 5.92 Å². The van der Waals surface area contributed by atoms with Crippen LogP contribution in [0.4, 0.5) is 5.95 Å². The van der Waals surface area contributed by atoms with Gasteiger partial charge < -0.3 is 10.6 Å². The smallest absolute Gasteiger partial charge is 0.257 e. The molecule has 2 heterocycles. The number of aromatic nitrogens is 2. The number of aromatic amines is 1. The molecule has 1 aromatic rings. The first-order chi connectivity index (χ1) is 9.33. The third-order valence-electron chi connectivity index (χ3n) is 4.22. The normalized spacial score (nSPS) is 20.0. The van der Waals surface area contributed by atoms with E-state index in [4.69, 9.17) is 0 Å². The van der Waals surface area contributed by atoms with Crippen molar-refractivity contribution < 1.29 is 0 Å². The van der Waals surface area contributed by atoms with E-state index >= 15 is 0 Å². The molecule has 0 spiro atoms. The predicted molar refractivity (Wildman–Crippen MR) is 75.3 cm³/mol. The molecule has 5 nitrogen and oxygen atoms in total. The maximum absolute atomic E-state index is 12.0. The van der Waals surface area contributed by atoms with Gasteiger partial charge in [-0.05, 0) is 18.8 Å². The zero-order chi connectivity index (χ0) is 13.1. The number of nitrogens with zero attached hydrogens (tertiary/aromatic N) is 1. The van der Waals surface area contributed by atoms with Crippen LogP contribution in [-0.4, -0.2) is 23.1 Å². The molecule has 1 aliphatic heterocycles. The van der Waals surface area contributed by atoms with Crippen molar-refractivity contribution in [3.05, 3.63) is 21.6 Å². The van der Waals surface area contributed by atoms with Gasteiger partial charge in [0, 0.05) is 26.1 Å². The Balaban J connectivity index is 1.67. The molecular formula is C14H22N4O. The maximum atomic E-state index is 12.0. The summed E-state index contributed by atoms with van der Waals surface area (Å²) in [6, 6.07) is 0. The molecule has 0 saturated heterocycles. The summed E-state index contributed by atoms with van der Waals surface area (Å²) in [4.78, 5) is 19.4. The van der Waals surface area contributed by atoms with Crippen LogP contribution in [0.3, 0.4) is 0 Å². The van der Waals surface area contributed by atoms with E-state index in [0.29, 0.717) is 12.5 Å². The van der Waals surface area contributed by atoms with E-state index in [-0.39, 0.29) is 5.56 Å². The monoisotopic (exact) mass is 262 g/mol. The van der Waals surface area contributed by atoms with Gasteiger partial charge in [0.15, 0.2) is 0 Å². The van der Waals surface area contributed by atoms with Crippen molar-refractivity contribution in [3.63, 3.8) is 0 Å². The van der Waals surface area contributed by atoms with E-state index in [1.807, 2.05) is 0 Å². The van der Waals surface area contributed by atoms with Gasteiger partial charge in [-0.15, -0.1) is 0 Å². The predicted octanol–water partition coefficient (Wildman–Crippen LogP) is 1.41. The van der Waals surface area contributed by atoms with Crippen LogP contribution in [0.2, 0.25) is 0 Å². The molecule has 0 atom stereocenters. The highest BCUT2D eigenvalue weighted by molar-refractivity contribution is 5.31. The van der Waals surface area contributed by atoms with Gasteiger partial charge in [-0.1, -0.05) is 19.3 Å². The Kier molecular flexibility index (Phi) is 3.82. The third-order valence-corrected chi connectivity index (χ3v) is 4.22. The van der Waals surface area contributed by atoms with Crippen LogP contribution >= 0.6 is 0 Å². The minimum absolute atomic E-state index is 0.00310. The molecule has 0 unspecified atom stereocenters. The number of rotatable bonds is 3. The van der Waals surface area contributed by atoms with Gasteiger partial charge in [0.1, 0.15) is 0 Å². The van der Waals surface area contributed by atoms with E-state index in [0.717, 1.165) is 36.7 Å². The highest BCUT2D eigenvalue weighted by Crippen LogP contribution is 2.23. The minimum Gasteiger partial charge on any atom is -0.355 e. The fourth-order valence-corrected chi connectivity index (χ4v) is 3.07. The lowest BCUT2D eigenvalue weighted by atomic mass is 9.89. The molecule has 0 aromatic carbocycles. The van der Waals surface area contributed by atoms with E-state index < -0.39 is 0 Å². The van der Waals surface area contributed by atoms with E-state index in [1.165, 1.54) is 32.1 Å². The van der Waals surface area contributed by atoms with Crippen molar-refractivity contribution in [3.8, 4) is 0 Å². The van der Waals surface area contributed by atoms with Crippen LogP contribution < -0.4 is 16.2 Å². The molecule has 1 saturated carbocycles. The molecule has 2 aliphatic rings. The SMILES string of the molecule is O=c1[nH]c(NCC2CCCCC2)nc2c1CNCC2. The van der Waals surface area contributed by atoms with Crippen molar-refractivity contribution in [2.75, 3.05) is 18.4 Å². The quantitative estimate of drug-likeness (QED) is 0.770. The molecule has 0 bridgehead atoms. The van der Waals surface area contributed by atoms with Gasteiger partial charge in [-0.2, -0.15) is 0 Å². The number of nitrogens with one attached hydrogen (secondary N) is 3. The average molecular weight is 262 g/mol. The Bertz CT molecular complexity index is 491. The van der Waals surface area contributed by atoms with Crippen molar-refractivity contribution >= 4 is 5.95 Å². The summed E-state index contributed by atoms with van der Waals surface area (Å²) < 4.78 is 0. The molecule has 1 aromatic heterocycles. The van der Waals surface area contributed by atoms with Gasteiger partial charge in [-0.3, -0.25) is 9.78 Å². The second kappa shape index (κ2) is 5.74. The Labute approximate surface area is 113 Å². The molecule has 1 aliphatic carbocycles. The van der Waals surface area contributed by atoms with Crippen LogP contribution in [0, 0.1) is 5.92 Å². The number of hydrogen-bond donors (Lipinski definition) is 3. The molecule has 5 heteroatoms. The van der Waals surface area contributed by atoms with Gasteiger partial charge in [-0.25, -0.2) is 4.98 Å². The molecular weight excluding hydrogens is 240 g/mol. The number of H-pyrrole nitrogens is 1. The first-order valence-corrected chi connectivity index (χ1v) is 7.39. The Hall–Kier alpha value is -1.36.